The van der Waals surface area contributed by atoms with E-state index in [0.29, 0.717) is 29.5 Å². The van der Waals surface area contributed by atoms with Gasteiger partial charge in [0.25, 0.3) is 5.91 Å². The zero-order valence-electron chi connectivity index (χ0n) is 19.6. The predicted octanol–water partition coefficient (Wildman–Crippen LogP) is 4.52. The Morgan fingerprint density at radius 2 is 1.91 bits per heavy atom. The van der Waals surface area contributed by atoms with Crippen molar-refractivity contribution in [1.29, 1.82) is 0 Å². The van der Waals surface area contributed by atoms with E-state index in [2.05, 4.69) is 17.0 Å². The molecule has 0 saturated heterocycles. The van der Waals surface area contributed by atoms with Crippen LogP contribution >= 0.6 is 0 Å². The quantitative estimate of drug-likeness (QED) is 0.568. The fourth-order valence-corrected chi connectivity index (χ4v) is 4.87. The van der Waals surface area contributed by atoms with Crippen LogP contribution in [0.2, 0.25) is 0 Å². The van der Waals surface area contributed by atoms with Gasteiger partial charge in [-0.05, 0) is 49.4 Å². The Morgan fingerprint density at radius 1 is 1.16 bits per heavy atom. The number of carbonyl (C=O) groups is 1. The van der Waals surface area contributed by atoms with Crippen LogP contribution in [0.4, 0.5) is 0 Å². The molecule has 4 rings (SSSR count). The topological polar surface area (TPSA) is 69.5 Å². The van der Waals surface area contributed by atoms with Crippen molar-refractivity contribution in [3.8, 4) is 11.5 Å². The summed E-state index contributed by atoms with van der Waals surface area (Å²) < 4.78 is 12.6. The van der Waals surface area contributed by atoms with Gasteiger partial charge in [-0.15, -0.1) is 0 Å². The van der Waals surface area contributed by atoms with Crippen LogP contribution in [0.1, 0.15) is 54.2 Å². The van der Waals surface area contributed by atoms with E-state index in [9.17, 15) is 4.79 Å². The summed E-state index contributed by atoms with van der Waals surface area (Å²) in [6.45, 7) is 4.71. The van der Waals surface area contributed by atoms with Gasteiger partial charge in [0.05, 0.1) is 25.5 Å². The van der Waals surface area contributed by atoms with Crippen molar-refractivity contribution in [2.45, 2.75) is 52.1 Å². The third-order valence-corrected chi connectivity index (χ3v) is 6.64. The Morgan fingerprint density at radius 3 is 2.62 bits per heavy atom. The molecular formula is C25H32N4O3. The summed E-state index contributed by atoms with van der Waals surface area (Å²) in [7, 11) is 5.13. The molecule has 3 aromatic rings. The molecule has 0 spiro atoms. The second kappa shape index (κ2) is 9.18. The summed E-state index contributed by atoms with van der Waals surface area (Å²) in [6, 6.07) is 7.98. The Bertz CT molecular complexity index is 1120. The van der Waals surface area contributed by atoms with Crippen LogP contribution in [-0.4, -0.2) is 45.8 Å². The van der Waals surface area contributed by atoms with Crippen molar-refractivity contribution >= 4 is 16.9 Å². The van der Waals surface area contributed by atoms with E-state index < -0.39 is 0 Å². The van der Waals surface area contributed by atoms with Gasteiger partial charge >= 0.3 is 0 Å². The fraction of sp³-hybridized carbons (Fsp3) is 0.480. The van der Waals surface area contributed by atoms with Gasteiger partial charge in [0, 0.05) is 31.2 Å². The summed E-state index contributed by atoms with van der Waals surface area (Å²) in [5, 5.41) is 5.36. The molecule has 1 saturated carbocycles. The number of amides is 1. The summed E-state index contributed by atoms with van der Waals surface area (Å²) in [5.74, 6) is 1.81. The molecule has 170 valence electrons. The van der Waals surface area contributed by atoms with Gasteiger partial charge in [-0.1, -0.05) is 25.8 Å². The SMILES string of the molecule is COc1ccc(CN(C(=O)c2cnc3c(c2)c(C)nn3C)[C@@H]2CCCC[C@@H]2C)cc1OC. The first kappa shape index (κ1) is 22.1. The molecule has 2 heterocycles. The lowest BCUT2D eigenvalue weighted by Crippen LogP contribution is -2.44. The number of aromatic nitrogens is 3. The molecule has 1 aliphatic carbocycles. The van der Waals surface area contributed by atoms with Crippen molar-refractivity contribution in [2.75, 3.05) is 14.2 Å². The third-order valence-electron chi connectivity index (χ3n) is 6.64. The second-order valence-electron chi connectivity index (χ2n) is 8.76. The average Bonchev–Trinajstić information content (AvgIpc) is 3.10. The van der Waals surface area contributed by atoms with Gasteiger partial charge in [-0.3, -0.25) is 9.48 Å². The maximum Gasteiger partial charge on any atom is 0.256 e. The molecule has 0 aliphatic heterocycles. The van der Waals surface area contributed by atoms with Crippen LogP contribution in [0, 0.1) is 12.8 Å². The minimum absolute atomic E-state index is 0.0104. The monoisotopic (exact) mass is 436 g/mol. The predicted molar refractivity (Wildman–Crippen MR) is 124 cm³/mol. The standard InChI is InChI=1S/C25H32N4O3/c1-16-8-6-7-9-21(16)29(15-18-10-11-22(31-4)23(12-18)32-5)25(30)19-13-20-17(2)27-28(3)24(20)26-14-19/h10-14,16,21H,6-9,15H2,1-5H3/t16-,21+/m0/s1. The van der Waals surface area contributed by atoms with Crippen molar-refractivity contribution < 1.29 is 14.3 Å². The molecule has 1 aliphatic rings. The number of carbonyl (C=O) groups excluding carboxylic acids is 1. The number of nitrogens with zero attached hydrogens (tertiary/aromatic N) is 4. The van der Waals surface area contributed by atoms with E-state index in [-0.39, 0.29) is 11.9 Å². The summed E-state index contributed by atoms with van der Waals surface area (Å²) >= 11 is 0. The Labute approximate surface area is 189 Å². The molecule has 32 heavy (non-hydrogen) atoms. The minimum Gasteiger partial charge on any atom is -0.493 e. The highest BCUT2D eigenvalue weighted by molar-refractivity contribution is 5.97. The van der Waals surface area contributed by atoms with Crippen LogP contribution in [0.5, 0.6) is 11.5 Å². The maximum atomic E-state index is 13.8. The molecule has 2 atom stereocenters. The van der Waals surface area contributed by atoms with E-state index in [0.717, 1.165) is 41.6 Å². The number of rotatable bonds is 6. The molecule has 1 fully saturated rings. The number of ether oxygens (including phenoxy) is 2. The average molecular weight is 437 g/mol. The second-order valence-corrected chi connectivity index (χ2v) is 8.76. The number of hydrogen-bond acceptors (Lipinski definition) is 5. The first-order valence-corrected chi connectivity index (χ1v) is 11.2. The first-order valence-electron chi connectivity index (χ1n) is 11.2. The largest absolute Gasteiger partial charge is 0.493 e. The molecular weight excluding hydrogens is 404 g/mol. The molecule has 0 radical (unpaired) electrons. The molecule has 1 amide bonds. The van der Waals surface area contributed by atoms with Gasteiger partial charge in [0.2, 0.25) is 0 Å². The van der Waals surface area contributed by atoms with Crippen LogP contribution in [0.15, 0.2) is 30.5 Å². The highest BCUT2D eigenvalue weighted by atomic mass is 16.5. The van der Waals surface area contributed by atoms with Gasteiger partial charge in [0.15, 0.2) is 17.1 Å². The minimum atomic E-state index is 0.0104. The van der Waals surface area contributed by atoms with Gasteiger partial charge in [0.1, 0.15) is 0 Å². The molecule has 7 heteroatoms. The van der Waals surface area contributed by atoms with Crippen molar-refractivity contribution in [3.05, 3.63) is 47.3 Å². The zero-order valence-corrected chi connectivity index (χ0v) is 19.6. The lowest BCUT2D eigenvalue weighted by Gasteiger charge is -2.39. The first-order chi connectivity index (χ1) is 15.4. The van der Waals surface area contributed by atoms with E-state index >= 15 is 0 Å². The molecule has 0 N–H and O–H groups in total. The van der Waals surface area contributed by atoms with Crippen molar-refractivity contribution in [1.82, 2.24) is 19.7 Å². The molecule has 7 nitrogen and oxygen atoms in total. The smallest absolute Gasteiger partial charge is 0.256 e. The Kier molecular flexibility index (Phi) is 6.35. The molecule has 1 aromatic carbocycles. The van der Waals surface area contributed by atoms with Crippen LogP contribution in [0.25, 0.3) is 11.0 Å². The van der Waals surface area contributed by atoms with Crippen LogP contribution in [0.3, 0.4) is 0 Å². The zero-order chi connectivity index (χ0) is 22.8. The van der Waals surface area contributed by atoms with Crippen molar-refractivity contribution in [2.24, 2.45) is 13.0 Å². The van der Waals surface area contributed by atoms with Gasteiger partial charge in [-0.2, -0.15) is 5.10 Å². The Balaban J connectivity index is 1.71. The maximum absolute atomic E-state index is 13.8. The number of hydrogen-bond donors (Lipinski definition) is 0. The number of fused-ring (bicyclic) bond motifs is 1. The number of methoxy groups -OCH3 is 2. The fourth-order valence-electron chi connectivity index (χ4n) is 4.87. The number of aryl methyl sites for hydroxylation is 2. The summed E-state index contributed by atoms with van der Waals surface area (Å²) in [6.07, 6.45) is 6.20. The lowest BCUT2D eigenvalue weighted by molar-refractivity contribution is 0.0528. The normalized spacial score (nSPS) is 18.5. The highest BCUT2D eigenvalue weighted by Crippen LogP contribution is 2.33. The number of pyridine rings is 1. The van der Waals surface area contributed by atoms with Crippen LogP contribution in [-0.2, 0) is 13.6 Å². The molecule has 0 unspecified atom stereocenters. The van der Waals surface area contributed by atoms with E-state index in [1.165, 1.54) is 6.42 Å². The Hall–Kier alpha value is -3.09. The van der Waals surface area contributed by atoms with E-state index in [1.807, 2.05) is 43.1 Å². The molecule has 2 aromatic heterocycles. The van der Waals surface area contributed by atoms with E-state index in [4.69, 9.17) is 9.47 Å². The van der Waals surface area contributed by atoms with Gasteiger partial charge < -0.3 is 14.4 Å². The third kappa shape index (κ3) is 4.16. The lowest BCUT2D eigenvalue weighted by atomic mass is 9.84. The summed E-state index contributed by atoms with van der Waals surface area (Å²) in [4.78, 5) is 20.4. The van der Waals surface area contributed by atoms with Crippen molar-refractivity contribution in [3.63, 3.8) is 0 Å². The highest BCUT2D eigenvalue weighted by Gasteiger charge is 2.31. The molecule has 0 bridgehead atoms. The van der Waals surface area contributed by atoms with Crippen LogP contribution < -0.4 is 9.47 Å². The summed E-state index contributed by atoms with van der Waals surface area (Å²) in [5.41, 5.74) is 3.28. The van der Waals surface area contributed by atoms with Gasteiger partial charge in [-0.25, -0.2) is 4.98 Å². The van der Waals surface area contributed by atoms with E-state index in [1.54, 1.807) is 25.1 Å². The number of benzene rings is 1.